The van der Waals surface area contributed by atoms with Crippen molar-refractivity contribution in [1.82, 2.24) is 4.98 Å². The number of anilines is 1. The number of sulfonamides is 1. The van der Waals surface area contributed by atoms with Crippen molar-refractivity contribution in [3.05, 3.63) is 17.8 Å². The number of hydrogen-bond donors (Lipinski definition) is 2. The van der Waals surface area contributed by atoms with Crippen LogP contribution in [0.4, 0.5) is 5.82 Å². The average Bonchev–Trinajstić information content (AvgIpc) is 2.20. The van der Waals surface area contributed by atoms with Crippen molar-refractivity contribution in [3.63, 3.8) is 0 Å². The maximum Gasteiger partial charge on any atom is 0.236 e. The molecule has 0 atom stereocenters. The SMILES string of the molecule is COCCS(=O)(=O)Nc1nc(C)ccc1O. The zero-order valence-electron chi connectivity index (χ0n) is 9.10. The standard InChI is InChI=1S/C9H14N2O4S/c1-7-3-4-8(12)9(10-7)11-16(13,14)6-5-15-2/h3-4,12H,5-6H2,1-2H3,(H,10,11). The van der Waals surface area contributed by atoms with Gasteiger partial charge >= 0.3 is 0 Å². The van der Waals surface area contributed by atoms with Gasteiger partial charge in [0.1, 0.15) is 0 Å². The summed E-state index contributed by atoms with van der Waals surface area (Å²) in [7, 11) is -2.12. The Bertz CT molecular complexity index is 459. The number of aryl methyl sites for hydroxylation is 1. The second-order valence-corrected chi connectivity index (χ2v) is 5.08. The molecular weight excluding hydrogens is 232 g/mol. The lowest BCUT2D eigenvalue weighted by Crippen LogP contribution is -2.20. The van der Waals surface area contributed by atoms with Gasteiger partial charge in [0.25, 0.3) is 0 Å². The minimum Gasteiger partial charge on any atom is -0.504 e. The van der Waals surface area contributed by atoms with E-state index in [-0.39, 0.29) is 23.9 Å². The molecule has 0 amide bonds. The topological polar surface area (TPSA) is 88.5 Å². The summed E-state index contributed by atoms with van der Waals surface area (Å²) in [4.78, 5) is 3.88. The molecule has 16 heavy (non-hydrogen) atoms. The van der Waals surface area contributed by atoms with E-state index in [1.807, 2.05) is 0 Å². The molecule has 0 aliphatic carbocycles. The molecule has 0 fully saturated rings. The summed E-state index contributed by atoms with van der Waals surface area (Å²) in [6.07, 6.45) is 0. The number of ether oxygens (including phenoxy) is 1. The van der Waals surface area contributed by atoms with Crippen molar-refractivity contribution in [2.75, 3.05) is 24.2 Å². The third-order valence-corrected chi connectivity index (χ3v) is 3.03. The molecule has 1 aromatic rings. The summed E-state index contributed by atoms with van der Waals surface area (Å²) in [5, 5.41) is 9.40. The molecule has 1 heterocycles. The minimum absolute atomic E-state index is 0.0592. The molecule has 90 valence electrons. The van der Waals surface area contributed by atoms with Gasteiger partial charge in [0.2, 0.25) is 10.0 Å². The van der Waals surface area contributed by atoms with Crippen molar-refractivity contribution in [2.45, 2.75) is 6.92 Å². The van der Waals surface area contributed by atoms with Crippen LogP contribution < -0.4 is 4.72 Å². The van der Waals surface area contributed by atoms with E-state index in [0.29, 0.717) is 5.69 Å². The maximum absolute atomic E-state index is 11.5. The summed E-state index contributed by atoms with van der Waals surface area (Å²) >= 11 is 0. The predicted molar refractivity (Wildman–Crippen MR) is 59.9 cm³/mol. The lowest BCUT2D eigenvalue weighted by Gasteiger charge is -2.08. The van der Waals surface area contributed by atoms with E-state index in [1.54, 1.807) is 13.0 Å². The van der Waals surface area contributed by atoms with Crippen LogP contribution in [0.1, 0.15) is 5.69 Å². The van der Waals surface area contributed by atoms with Crippen LogP contribution in [-0.2, 0) is 14.8 Å². The Morgan fingerprint density at radius 3 is 2.81 bits per heavy atom. The number of nitrogens with one attached hydrogen (secondary N) is 1. The summed E-state index contributed by atoms with van der Waals surface area (Å²) in [5.74, 6) is -0.443. The van der Waals surface area contributed by atoms with E-state index >= 15 is 0 Å². The largest absolute Gasteiger partial charge is 0.504 e. The normalized spacial score (nSPS) is 11.4. The van der Waals surface area contributed by atoms with E-state index in [0.717, 1.165) is 0 Å². The number of aromatic hydroxyl groups is 1. The molecule has 1 aromatic heterocycles. The van der Waals surface area contributed by atoms with Crippen molar-refractivity contribution in [3.8, 4) is 5.75 Å². The van der Waals surface area contributed by atoms with E-state index in [4.69, 9.17) is 0 Å². The smallest absolute Gasteiger partial charge is 0.236 e. The van der Waals surface area contributed by atoms with E-state index in [9.17, 15) is 13.5 Å². The Hall–Kier alpha value is -1.34. The van der Waals surface area contributed by atoms with Gasteiger partial charge in [-0.1, -0.05) is 0 Å². The van der Waals surface area contributed by atoms with Gasteiger partial charge in [-0.3, -0.25) is 4.72 Å². The van der Waals surface area contributed by atoms with E-state index < -0.39 is 10.0 Å². The molecule has 1 rings (SSSR count). The first kappa shape index (κ1) is 12.7. The molecule has 7 heteroatoms. The Balaban J connectivity index is 2.83. The van der Waals surface area contributed by atoms with Gasteiger partial charge in [0, 0.05) is 12.8 Å². The molecule has 0 saturated heterocycles. The van der Waals surface area contributed by atoms with Gasteiger partial charge in [0.05, 0.1) is 12.4 Å². The lowest BCUT2D eigenvalue weighted by atomic mass is 10.3. The molecule has 0 spiro atoms. The number of nitrogens with zero attached hydrogens (tertiary/aromatic N) is 1. The van der Waals surface area contributed by atoms with Gasteiger partial charge < -0.3 is 9.84 Å². The van der Waals surface area contributed by atoms with Crippen LogP contribution >= 0.6 is 0 Å². The van der Waals surface area contributed by atoms with Crippen LogP contribution in [0.2, 0.25) is 0 Å². The molecule has 0 unspecified atom stereocenters. The minimum atomic E-state index is -3.53. The van der Waals surface area contributed by atoms with Gasteiger partial charge in [-0.15, -0.1) is 0 Å². The first-order chi connectivity index (χ1) is 7.44. The molecule has 2 N–H and O–H groups in total. The van der Waals surface area contributed by atoms with Gasteiger partial charge in [-0.25, -0.2) is 13.4 Å². The van der Waals surface area contributed by atoms with Gasteiger partial charge in [-0.05, 0) is 19.1 Å². The van der Waals surface area contributed by atoms with Crippen molar-refractivity contribution >= 4 is 15.8 Å². The third-order valence-electron chi connectivity index (χ3n) is 1.82. The predicted octanol–water partition coefficient (Wildman–Crippen LogP) is 0.484. The lowest BCUT2D eigenvalue weighted by molar-refractivity contribution is 0.217. The number of methoxy groups -OCH3 is 1. The van der Waals surface area contributed by atoms with Crippen molar-refractivity contribution < 1.29 is 18.3 Å². The highest BCUT2D eigenvalue weighted by molar-refractivity contribution is 7.92. The van der Waals surface area contributed by atoms with Crippen molar-refractivity contribution in [1.29, 1.82) is 0 Å². The van der Waals surface area contributed by atoms with Crippen molar-refractivity contribution in [2.24, 2.45) is 0 Å². The van der Waals surface area contributed by atoms with Crippen LogP contribution in [0.3, 0.4) is 0 Å². The quantitative estimate of drug-likeness (QED) is 0.789. The monoisotopic (exact) mass is 246 g/mol. The molecule has 0 aliphatic rings. The van der Waals surface area contributed by atoms with Crippen LogP contribution in [0.5, 0.6) is 5.75 Å². The van der Waals surface area contributed by atoms with E-state index in [1.165, 1.54) is 13.2 Å². The summed E-state index contributed by atoms with van der Waals surface area (Å²) in [6.45, 7) is 1.79. The molecule has 0 aliphatic heterocycles. The highest BCUT2D eigenvalue weighted by Crippen LogP contribution is 2.21. The number of rotatable bonds is 5. The zero-order chi connectivity index (χ0) is 12.2. The van der Waals surface area contributed by atoms with Crippen LogP contribution in [-0.4, -0.2) is 38.0 Å². The van der Waals surface area contributed by atoms with Gasteiger partial charge in [0.15, 0.2) is 11.6 Å². The molecular formula is C9H14N2O4S. The fourth-order valence-electron chi connectivity index (χ4n) is 1.02. The first-order valence-electron chi connectivity index (χ1n) is 4.60. The Kier molecular flexibility index (Phi) is 4.08. The summed E-state index contributed by atoms with van der Waals surface area (Å²) in [5.41, 5.74) is 0.613. The fraction of sp³-hybridized carbons (Fsp3) is 0.444. The fourth-order valence-corrected chi connectivity index (χ4v) is 1.95. The van der Waals surface area contributed by atoms with Gasteiger partial charge in [-0.2, -0.15) is 0 Å². The first-order valence-corrected chi connectivity index (χ1v) is 6.26. The molecule has 6 nitrogen and oxygen atoms in total. The molecule has 0 radical (unpaired) electrons. The number of hydrogen-bond acceptors (Lipinski definition) is 5. The highest BCUT2D eigenvalue weighted by Gasteiger charge is 2.13. The van der Waals surface area contributed by atoms with Crippen LogP contribution in [0.25, 0.3) is 0 Å². The number of aromatic nitrogens is 1. The molecule has 0 bridgehead atoms. The molecule has 0 saturated carbocycles. The summed E-state index contributed by atoms with van der Waals surface area (Å²) < 4.78 is 29.8. The van der Waals surface area contributed by atoms with Crippen LogP contribution in [0.15, 0.2) is 12.1 Å². The van der Waals surface area contributed by atoms with E-state index in [2.05, 4.69) is 14.4 Å². The summed E-state index contributed by atoms with van der Waals surface area (Å²) in [6, 6.07) is 2.97. The Morgan fingerprint density at radius 1 is 1.50 bits per heavy atom. The Labute approximate surface area is 94.3 Å². The van der Waals surface area contributed by atoms with Crippen LogP contribution in [0, 0.1) is 6.92 Å². The number of pyridine rings is 1. The molecule has 0 aromatic carbocycles. The highest BCUT2D eigenvalue weighted by atomic mass is 32.2. The Morgan fingerprint density at radius 2 is 2.19 bits per heavy atom. The average molecular weight is 246 g/mol. The third kappa shape index (κ3) is 3.67. The second kappa shape index (κ2) is 5.13. The second-order valence-electron chi connectivity index (χ2n) is 3.23. The zero-order valence-corrected chi connectivity index (χ0v) is 9.91. The maximum atomic E-state index is 11.5.